The standard InChI is InChI=1S/Cl4NOP/c1-5(2)7(3,4)6. The van der Waals surface area contributed by atoms with Gasteiger partial charge in [-0.1, -0.05) is 0 Å². The average Bonchev–Trinajstić information content (AvgIpc) is 1.31. The molecule has 0 aromatic carbocycles. The highest BCUT2D eigenvalue weighted by atomic mass is 35.9. The van der Waals surface area contributed by atoms with E-state index in [4.69, 9.17) is 46.0 Å². The van der Waals surface area contributed by atoms with Crippen LogP contribution in [0.5, 0.6) is 0 Å². The largest absolute Gasteiger partial charge is 0.350 e. The molecule has 44 valence electrons. The van der Waals surface area contributed by atoms with Crippen molar-refractivity contribution in [2.45, 2.75) is 0 Å². The second-order valence-electron chi connectivity index (χ2n) is 0.650. The van der Waals surface area contributed by atoms with Crippen molar-refractivity contribution in [3.8, 4) is 0 Å². The SMILES string of the molecule is O=P(Cl)(Cl)N(Cl)Cl. The summed E-state index contributed by atoms with van der Waals surface area (Å²) < 4.78 is 10.3. The second kappa shape index (κ2) is 2.77. The van der Waals surface area contributed by atoms with Gasteiger partial charge in [0.1, 0.15) is 0 Å². The first-order chi connectivity index (χ1) is 2.94. The summed E-state index contributed by atoms with van der Waals surface area (Å²) in [5.74, 6) is -3.43. The monoisotopic (exact) mass is 201 g/mol. The molecule has 0 spiro atoms. The van der Waals surface area contributed by atoms with Crippen LogP contribution in [0.2, 0.25) is 0 Å². The van der Waals surface area contributed by atoms with Gasteiger partial charge in [-0.2, -0.15) is 0 Å². The Morgan fingerprint density at radius 3 is 1.43 bits per heavy atom. The zero-order valence-electron chi connectivity index (χ0n) is 2.81. The lowest BCUT2D eigenvalue weighted by Crippen LogP contribution is -1.78. The van der Waals surface area contributed by atoms with E-state index in [0.29, 0.717) is 0 Å². The molecule has 0 unspecified atom stereocenters. The van der Waals surface area contributed by atoms with Gasteiger partial charge < -0.3 is 0 Å². The number of nitrogens with zero attached hydrogens (tertiary/aromatic N) is 1. The lowest BCUT2D eigenvalue weighted by molar-refractivity contribution is 0.583. The van der Waals surface area contributed by atoms with Gasteiger partial charge in [0, 0.05) is 23.6 Å². The van der Waals surface area contributed by atoms with Gasteiger partial charge in [0.15, 0.2) is 0 Å². The maximum absolute atomic E-state index is 10.1. The molecule has 0 fully saturated rings. The minimum Gasteiger partial charge on any atom is -0.268 e. The van der Waals surface area contributed by atoms with Gasteiger partial charge in [-0.3, -0.25) is 4.57 Å². The van der Waals surface area contributed by atoms with E-state index in [1.807, 2.05) is 0 Å². The number of halogens is 4. The van der Waals surface area contributed by atoms with Crippen LogP contribution in [0, 0.1) is 0 Å². The minimum absolute atomic E-state index is 0.218. The maximum atomic E-state index is 10.1. The molecule has 0 heterocycles. The van der Waals surface area contributed by atoms with Gasteiger partial charge in [-0.25, -0.2) is 0 Å². The zero-order chi connectivity index (χ0) is 6.08. The van der Waals surface area contributed by atoms with Crippen LogP contribution in [-0.4, -0.2) is 3.71 Å². The molecule has 0 aliphatic carbocycles. The van der Waals surface area contributed by atoms with Crippen molar-refractivity contribution >= 4 is 52.0 Å². The molecule has 0 atom stereocenters. The van der Waals surface area contributed by atoms with Crippen LogP contribution in [0.15, 0.2) is 0 Å². The Kier molecular flexibility index (Phi) is 3.30. The summed E-state index contributed by atoms with van der Waals surface area (Å²) in [5, 5.41) is 0. The molecule has 0 rings (SSSR count). The van der Waals surface area contributed by atoms with Crippen LogP contribution in [0.4, 0.5) is 0 Å². The number of rotatable bonds is 1. The molecule has 0 bridgehead atoms. The van der Waals surface area contributed by atoms with E-state index >= 15 is 0 Å². The minimum atomic E-state index is -3.43. The Labute approximate surface area is 60.5 Å². The molecule has 2 nitrogen and oxygen atoms in total. The highest BCUT2D eigenvalue weighted by Crippen LogP contribution is 2.62. The van der Waals surface area contributed by atoms with Crippen LogP contribution in [0.25, 0.3) is 0 Å². The van der Waals surface area contributed by atoms with Crippen LogP contribution in [0.1, 0.15) is 0 Å². The smallest absolute Gasteiger partial charge is 0.268 e. The van der Waals surface area contributed by atoms with E-state index in [0.717, 1.165) is 0 Å². The highest BCUT2D eigenvalue weighted by molar-refractivity contribution is 8.08. The molecule has 0 aliphatic rings. The van der Waals surface area contributed by atoms with E-state index in [9.17, 15) is 4.57 Å². The average molecular weight is 203 g/mol. The Morgan fingerprint density at radius 2 is 1.43 bits per heavy atom. The molecule has 0 aliphatic heterocycles. The normalized spacial score (nSPS) is 12.7. The van der Waals surface area contributed by atoms with Crippen LogP contribution in [-0.2, 0) is 4.57 Å². The summed E-state index contributed by atoms with van der Waals surface area (Å²) in [6, 6.07) is 0. The third-order valence-electron chi connectivity index (χ3n) is 0.176. The summed E-state index contributed by atoms with van der Waals surface area (Å²) >= 11 is 19.4. The summed E-state index contributed by atoms with van der Waals surface area (Å²) in [7, 11) is 0. The fourth-order valence-corrected chi connectivity index (χ4v) is 0. The molecule has 0 amide bonds. The maximum Gasteiger partial charge on any atom is 0.350 e. The molecule has 0 saturated carbocycles. The molecule has 0 saturated heterocycles. The fourth-order valence-electron chi connectivity index (χ4n) is 0. The van der Waals surface area contributed by atoms with Gasteiger partial charge in [0.05, 0.1) is 0 Å². The molecule has 0 aromatic rings. The first kappa shape index (κ1) is 8.35. The first-order valence-electron chi connectivity index (χ1n) is 1.06. The van der Waals surface area contributed by atoms with Crippen molar-refractivity contribution in [2.75, 3.05) is 0 Å². The molecule has 0 N–H and O–H groups in total. The molecule has 0 aromatic heterocycles. The van der Waals surface area contributed by atoms with Gasteiger partial charge in [0.25, 0.3) is 0 Å². The Balaban J connectivity index is 3.80. The fraction of sp³-hybridized carbons (Fsp3) is 0. The molecule has 7 heavy (non-hydrogen) atoms. The van der Waals surface area contributed by atoms with E-state index in [-0.39, 0.29) is 3.71 Å². The Hall–Kier alpha value is 1.35. The summed E-state index contributed by atoms with van der Waals surface area (Å²) in [6.45, 7) is 0. The van der Waals surface area contributed by atoms with Gasteiger partial charge in [0.2, 0.25) is 0 Å². The van der Waals surface area contributed by atoms with Crippen molar-refractivity contribution in [2.24, 2.45) is 0 Å². The first-order valence-corrected chi connectivity index (χ1v) is 5.20. The van der Waals surface area contributed by atoms with Gasteiger partial charge >= 0.3 is 6.00 Å². The van der Waals surface area contributed by atoms with Gasteiger partial charge in [-0.05, 0) is 26.2 Å². The Morgan fingerprint density at radius 1 is 1.29 bits per heavy atom. The van der Waals surface area contributed by atoms with Crippen molar-refractivity contribution in [3.63, 3.8) is 0 Å². The summed E-state index contributed by atoms with van der Waals surface area (Å²) in [4.78, 5) is 0. The van der Waals surface area contributed by atoms with E-state index in [1.165, 1.54) is 0 Å². The Bertz CT molecular complexity index is 93.9. The zero-order valence-corrected chi connectivity index (χ0v) is 6.73. The van der Waals surface area contributed by atoms with Crippen LogP contribution < -0.4 is 0 Å². The molecule has 7 heteroatoms. The number of hydrogen-bond donors (Lipinski definition) is 0. The third-order valence-corrected chi connectivity index (χ3v) is 3.64. The summed E-state index contributed by atoms with van der Waals surface area (Å²) in [5.41, 5.74) is 0. The van der Waals surface area contributed by atoms with E-state index in [2.05, 4.69) is 0 Å². The second-order valence-corrected chi connectivity index (χ2v) is 6.51. The third kappa shape index (κ3) is 3.89. The van der Waals surface area contributed by atoms with Crippen molar-refractivity contribution < 1.29 is 4.57 Å². The van der Waals surface area contributed by atoms with Crippen LogP contribution in [0.3, 0.4) is 0 Å². The predicted molar refractivity (Wildman–Crippen MR) is 32.9 cm³/mol. The van der Waals surface area contributed by atoms with E-state index < -0.39 is 6.00 Å². The van der Waals surface area contributed by atoms with E-state index in [1.54, 1.807) is 0 Å². The van der Waals surface area contributed by atoms with Crippen molar-refractivity contribution in [1.29, 1.82) is 0 Å². The molecular weight excluding hydrogens is 203 g/mol. The lowest BCUT2D eigenvalue weighted by atomic mass is 13.9. The highest BCUT2D eigenvalue weighted by Gasteiger charge is 2.20. The molecule has 0 radical (unpaired) electrons. The van der Waals surface area contributed by atoms with Crippen molar-refractivity contribution in [1.82, 2.24) is 3.71 Å². The molecular formula is Cl4NOP. The number of hydrogen-bond acceptors (Lipinski definition) is 1. The predicted octanol–water partition coefficient (Wildman–Crippen LogP) is 3.18. The van der Waals surface area contributed by atoms with Crippen LogP contribution >= 0.6 is 52.0 Å². The summed E-state index contributed by atoms with van der Waals surface area (Å²) in [6.07, 6.45) is 0. The lowest BCUT2D eigenvalue weighted by Gasteiger charge is -2.00. The topological polar surface area (TPSA) is 20.3 Å². The van der Waals surface area contributed by atoms with Crippen molar-refractivity contribution in [3.05, 3.63) is 0 Å². The van der Waals surface area contributed by atoms with Gasteiger partial charge in [-0.15, -0.1) is 0 Å². The quantitative estimate of drug-likeness (QED) is 0.481.